The lowest BCUT2D eigenvalue weighted by Crippen LogP contribution is -2.06. The van der Waals surface area contributed by atoms with Crippen LogP contribution in [0.4, 0.5) is 11.4 Å². The Hall–Kier alpha value is -2.13. The van der Waals surface area contributed by atoms with Crippen molar-refractivity contribution in [1.29, 1.82) is 5.26 Å². The molecule has 18 heavy (non-hydrogen) atoms. The van der Waals surface area contributed by atoms with Crippen LogP contribution >= 0.6 is 0 Å². The highest BCUT2D eigenvalue weighted by Gasteiger charge is 2.13. The van der Waals surface area contributed by atoms with Crippen molar-refractivity contribution in [2.75, 3.05) is 25.1 Å². The Labute approximate surface area is 105 Å². The van der Waals surface area contributed by atoms with Crippen molar-refractivity contribution in [3.63, 3.8) is 0 Å². The van der Waals surface area contributed by atoms with Gasteiger partial charge in [0.1, 0.15) is 11.6 Å². The smallest absolute Gasteiger partial charge is 0.289 e. The zero-order chi connectivity index (χ0) is 13.4. The van der Waals surface area contributed by atoms with Crippen LogP contribution in [0.3, 0.4) is 0 Å². The van der Waals surface area contributed by atoms with Gasteiger partial charge in [-0.2, -0.15) is 5.26 Å². The number of hydrogen-bond acceptors (Lipinski definition) is 5. The lowest BCUT2D eigenvalue weighted by atomic mass is 10.2. The second kappa shape index (κ2) is 7.25. The van der Waals surface area contributed by atoms with Crippen LogP contribution in [0.1, 0.15) is 18.9 Å². The van der Waals surface area contributed by atoms with Crippen molar-refractivity contribution in [3.05, 3.63) is 33.9 Å². The summed E-state index contributed by atoms with van der Waals surface area (Å²) in [7, 11) is 0. The molecule has 0 heterocycles. The number of anilines is 1. The van der Waals surface area contributed by atoms with E-state index >= 15 is 0 Å². The van der Waals surface area contributed by atoms with Gasteiger partial charge in [0.2, 0.25) is 0 Å². The molecule has 1 aromatic carbocycles. The zero-order valence-corrected chi connectivity index (χ0v) is 10.2. The molecule has 0 aliphatic heterocycles. The molecule has 6 nitrogen and oxygen atoms in total. The Balaban J connectivity index is 2.60. The Morgan fingerprint density at radius 2 is 2.33 bits per heavy atom. The van der Waals surface area contributed by atoms with E-state index in [-0.39, 0.29) is 11.3 Å². The fraction of sp³-hybridized carbons (Fsp3) is 0.417. The normalized spacial score (nSPS) is 9.78. The van der Waals surface area contributed by atoms with Gasteiger partial charge >= 0.3 is 0 Å². The van der Waals surface area contributed by atoms with Gasteiger partial charge < -0.3 is 10.1 Å². The Bertz CT molecular complexity index is 454. The van der Waals surface area contributed by atoms with Crippen LogP contribution < -0.4 is 5.32 Å². The fourth-order valence-electron chi connectivity index (χ4n) is 1.44. The standard InChI is InChI=1S/C12H15N3O3/c1-2-18-7-3-6-14-11-5-4-10(9-13)12(8-11)15(16)17/h4-5,8,14H,2-3,6-7H2,1H3. The first-order chi connectivity index (χ1) is 8.69. The minimum absolute atomic E-state index is 0.0693. The van der Waals surface area contributed by atoms with Crippen LogP contribution in [-0.2, 0) is 4.74 Å². The molecular weight excluding hydrogens is 234 g/mol. The third kappa shape index (κ3) is 4.03. The van der Waals surface area contributed by atoms with Crippen molar-refractivity contribution in [2.24, 2.45) is 0 Å². The second-order valence-electron chi connectivity index (χ2n) is 3.58. The van der Waals surface area contributed by atoms with E-state index in [0.717, 1.165) is 6.42 Å². The summed E-state index contributed by atoms with van der Waals surface area (Å²) in [6, 6.07) is 6.28. The van der Waals surface area contributed by atoms with Crippen molar-refractivity contribution < 1.29 is 9.66 Å². The summed E-state index contributed by atoms with van der Waals surface area (Å²) in [5, 5.41) is 22.6. The predicted molar refractivity (Wildman–Crippen MR) is 67.4 cm³/mol. The van der Waals surface area contributed by atoms with E-state index in [1.165, 1.54) is 12.1 Å². The van der Waals surface area contributed by atoms with Crippen LogP contribution in [0.25, 0.3) is 0 Å². The first-order valence-electron chi connectivity index (χ1n) is 5.69. The zero-order valence-electron chi connectivity index (χ0n) is 10.2. The molecule has 0 radical (unpaired) electrons. The van der Waals surface area contributed by atoms with Crippen molar-refractivity contribution in [3.8, 4) is 6.07 Å². The van der Waals surface area contributed by atoms with Crippen LogP contribution in [-0.4, -0.2) is 24.7 Å². The number of nitrogens with zero attached hydrogens (tertiary/aromatic N) is 2. The molecule has 0 aliphatic carbocycles. The maximum atomic E-state index is 10.8. The molecule has 0 aromatic heterocycles. The summed E-state index contributed by atoms with van der Waals surface area (Å²) in [6.07, 6.45) is 0.821. The first kappa shape index (κ1) is 13.9. The van der Waals surface area contributed by atoms with Crippen molar-refractivity contribution in [2.45, 2.75) is 13.3 Å². The largest absolute Gasteiger partial charge is 0.385 e. The molecule has 6 heteroatoms. The van der Waals surface area contributed by atoms with Crippen LogP contribution in [0.5, 0.6) is 0 Å². The number of nitrogens with one attached hydrogen (secondary N) is 1. The lowest BCUT2D eigenvalue weighted by Gasteiger charge is -2.06. The van der Waals surface area contributed by atoms with Gasteiger partial charge in [-0.15, -0.1) is 0 Å². The van der Waals surface area contributed by atoms with Crippen molar-refractivity contribution in [1.82, 2.24) is 0 Å². The average molecular weight is 249 g/mol. The molecule has 0 aliphatic rings. The summed E-state index contributed by atoms with van der Waals surface area (Å²) in [5.41, 5.74) is 0.532. The fourth-order valence-corrected chi connectivity index (χ4v) is 1.44. The third-order valence-electron chi connectivity index (χ3n) is 2.31. The van der Waals surface area contributed by atoms with E-state index in [4.69, 9.17) is 10.00 Å². The topological polar surface area (TPSA) is 88.2 Å². The monoisotopic (exact) mass is 249 g/mol. The Kier molecular flexibility index (Phi) is 5.61. The van der Waals surface area contributed by atoms with Gasteiger partial charge in [0.05, 0.1) is 4.92 Å². The minimum Gasteiger partial charge on any atom is -0.385 e. The molecule has 0 spiro atoms. The molecule has 0 amide bonds. The highest BCUT2D eigenvalue weighted by Crippen LogP contribution is 2.22. The number of hydrogen-bond donors (Lipinski definition) is 1. The maximum Gasteiger partial charge on any atom is 0.289 e. The van der Waals surface area contributed by atoms with E-state index in [0.29, 0.717) is 25.4 Å². The first-order valence-corrected chi connectivity index (χ1v) is 5.69. The third-order valence-corrected chi connectivity index (χ3v) is 2.31. The Morgan fingerprint density at radius 1 is 1.56 bits per heavy atom. The summed E-state index contributed by atoms with van der Waals surface area (Å²) in [6.45, 7) is 3.94. The molecule has 1 N–H and O–H groups in total. The molecule has 0 fully saturated rings. The van der Waals surface area contributed by atoms with Crippen LogP contribution in [0, 0.1) is 21.4 Å². The van der Waals surface area contributed by atoms with Gasteiger partial charge in [-0.3, -0.25) is 10.1 Å². The minimum atomic E-state index is -0.552. The highest BCUT2D eigenvalue weighted by atomic mass is 16.6. The number of benzene rings is 1. The van der Waals surface area contributed by atoms with Gasteiger partial charge in [0, 0.05) is 31.5 Å². The number of rotatable bonds is 7. The van der Waals surface area contributed by atoms with E-state index in [2.05, 4.69) is 5.32 Å². The SMILES string of the molecule is CCOCCCNc1ccc(C#N)c([N+](=O)[O-])c1. The number of nitro benzene ring substituents is 1. The summed E-state index contributed by atoms with van der Waals surface area (Å²) >= 11 is 0. The van der Waals surface area contributed by atoms with Gasteiger partial charge in [-0.25, -0.2) is 0 Å². The van der Waals surface area contributed by atoms with Gasteiger partial charge in [0.25, 0.3) is 5.69 Å². The molecular formula is C12H15N3O3. The quantitative estimate of drug-likeness (QED) is 0.455. The van der Waals surface area contributed by atoms with Crippen LogP contribution in [0.15, 0.2) is 18.2 Å². The molecule has 1 rings (SSSR count). The van der Waals surface area contributed by atoms with E-state index < -0.39 is 4.92 Å². The van der Waals surface area contributed by atoms with Gasteiger partial charge in [-0.1, -0.05) is 0 Å². The second-order valence-corrected chi connectivity index (χ2v) is 3.58. The lowest BCUT2D eigenvalue weighted by molar-refractivity contribution is -0.385. The molecule has 0 saturated heterocycles. The summed E-state index contributed by atoms with van der Waals surface area (Å²) in [4.78, 5) is 10.2. The maximum absolute atomic E-state index is 10.8. The molecule has 0 atom stereocenters. The molecule has 96 valence electrons. The van der Waals surface area contributed by atoms with Gasteiger partial charge in [-0.05, 0) is 25.5 Å². The van der Waals surface area contributed by atoms with E-state index in [1.807, 2.05) is 6.92 Å². The Morgan fingerprint density at radius 3 is 2.94 bits per heavy atom. The number of ether oxygens (including phenoxy) is 1. The molecule has 0 unspecified atom stereocenters. The number of nitriles is 1. The average Bonchev–Trinajstić information content (AvgIpc) is 2.38. The predicted octanol–water partition coefficient (Wildman–Crippen LogP) is 2.30. The summed E-state index contributed by atoms with van der Waals surface area (Å²) < 4.78 is 5.18. The highest BCUT2D eigenvalue weighted by molar-refractivity contribution is 5.59. The molecule has 0 bridgehead atoms. The summed E-state index contributed by atoms with van der Waals surface area (Å²) in [5.74, 6) is 0. The molecule has 1 aromatic rings. The number of nitro groups is 1. The van der Waals surface area contributed by atoms with Gasteiger partial charge in [0.15, 0.2) is 0 Å². The van der Waals surface area contributed by atoms with E-state index in [1.54, 1.807) is 12.1 Å². The van der Waals surface area contributed by atoms with Crippen molar-refractivity contribution >= 4 is 11.4 Å². The van der Waals surface area contributed by atoms with E-state index in [9.17, 15) is 10.1 Å². The van der Waals surface area contributed by atoms with Crippen LogP contribution in [0.2, 0.25) is 0 Å². The molecule has 0 saturated carbocycles.